The van der Waals surface area contributed by atoms with Crippen molar-refractivity contribution in [3.05, 3.63) is 53.7 Å². The first-order chi connectivity index (χ1) is 9.41. The molecule has 0 radical (unpaired) electrons. The van der Waals surface area contributed by atoms with Gasteiger partial charge in [0.15, 0.2) is 0 Å². The van der Waals surface area contributed by atoms with Crippen molar-refractivity contribution in [2.45, 2.75) is 25.6 Å². The molecular formula is C14H13F4NO. The summed E-state index contributed by atoms with van der Waals surface area (Å²) in [6.07, 6.45) is -2.61. The topological polar surface area (TPSA) is 25.2 Å². The van der Waals surface area contributed by atoms with E-state index in [1.54, 1.807) is 12.1 Å². The second-order valence-corrected chi connectivity index (χ2v) is 4.31. The maximum atomic E-state index is 13.2. The van der Waals surface area contributed by atoms with Gasteiger partial charge >= 0.3 is 6.18 Å². The van der Waals surface area contributed by atoms with E-state index in [9.17, 15) is 17.6 Å². The first-order valence-corrected chi connectivity index (χ1v) is 6.08. The van der Waals surface area contributed by atoms with E-state index in [2.05, 4.69) is 5.32 Å². The van der Waals surface area contributed by atoms with Gasteiger partial charge in [0.1, 0.15) is 11.6 Å². The van der Waals surface area contributed by atoms with Crippen molar-refractivity contribution in [1.29, 1.82) is 0 Å². The summed E-state index contributed by atoms with van der Waals surface area (Å²) < 4.78 is 56.3. The number of alkyl halides is 3. The Labute approximate surface area is 113 Å². The Bertz CT molecular complexity index is 563. The lowest BCUT2D eigenvalue weighted by Crippen LogP contribution is -2.12. The molecule has 2 rings (SSSR count). The number of hydrogen-bond donors (Lipinski definition) is 1. The number of rotatable bonds is 4. The van der Waals surface area contributed by atoms with Crippen molar-refractivity contribution < 1.29 is 22.0 Å². The molecule has 0 bridgehead atoms. The van der Waals surface area contributed by atoms with Gasteiger partial charge in [-0.25, -0.2) is 4.39 Å². The van der Waals surface area contributed by atoms with Gasteiger partial charge in [0, 0.05) is 5.69 Å². The summed E-state index contributed by atoms with van der Waals surface area (Å²) in [6.45, 7) is 1.87. The zero-order valence-corrected chi connectivity index (χ0v) is 10.7. The molecule has 2 aromatic rings. The zero-order valence-electron chi connectivity index (χ0n) is 10.7. The molecular weight excluding hydrogens is 274 g/mol. The average Bonchev–Trinajstić information content (AvgIpc) is 2.90. The summed E-state index contributed by atoms with van der Waals surface area (Å²) in [4.78, 5) is 0. The zero-order chi connectivity index (χ0) is 14.8. The first-order valence-electron chi connectivity index (χ1n) is 6.08. The second kappa shape index (κ2) is 5.56. The number of nitrogens with one attached hydrogen (secondary N) is 1. The minimum Gasteiger partial charge on any atom is -0.467 e. The molecule has 1 atom stereocenters. The van der Waals surface area contributed by atoms with Crippen LogP contribution in [0.5, 0.6) is 0 Å². The van der Waals surface area contributed by atoms with Crippen molar-refractivity contribution in [1.82, 2.24) is 0 Å². The van der Waals surface area contributed by atoms with Gasteiger partial charge in [-0.15, -0.1) is 0 Å². The molecule has 6 heteroatoms. The molecule has 1 aromatic carbocycles. The fraction of sp³-hybridized carbons (Fsp3) is 0.286. The lowest BCUT2D eigenvalue weighted by molar-refractivity contribution is -0.139. The SMILES string of the molecule is CCC(Nc1ccc(F)c(C(F)(F)F)c1)c1ccco1. The average molecular weight is 287 g/mol. The molecule has 0 aliphatic carbocycles. The molecule has 1 heterocycles. The standard InChI is InChI=1S/C14H13F4NO/c1-2-12(13-4-3-7-20-13)19-9-5-6-11(15)10(8-9)14(16,17)18/h3-8,12,19H,2H2,1H3. The van der Waals surface area contributed by atoms with Crippen molar-refractivity contribution in [3.63, 3.8) is 0 Å². The van der Waals surface area contributed by atoms with Crippen LogP contribution in [-0.4, -0.2) is 0 Å². The predicted octanol–water partition coefficient (Wildman–Crippen LogP) is 5.00. The van der Waals surface area contributed by atoms with Crippen LogP contribution in [0.4, 0.5) is 23.2 Å². The van der Waals surface area contributed by atoms with Gasteiger partial charge in [-0.2, -0.15) is 13.2 Å². The number of anilines is 1. The summed E-state index contributed by atoms with van der Waals surface area (Å²) >= 11 is 0. The van der Waals surface area contributed by atoms with E-state index in [0.29, 0.717) is 12.2 Å². The Morgan fingerprint density at radius 1 is 1.25 bits per heavy atom. The second-order valence-electron chi connectivity index (χ2n) is 4.31. The van der Waals surface area contributed by atoms with E-state index in [0.717, 1.165) is 12.1 Å². The first kappa shape index (κ1) is 14.4. The van der Waals surface area contributed by atoms with Gasteiger partial charge in [0.25, 0.3) is 0 Å². The monoisotopic (exact) mass is 287 g/mol. The molecule has 0 fully saturated rings. The number of benzene rings is 1. The minimum absolute atomic E-state index is 0.196. The molecule has 0 saturated heterocycles. The van der Waals surface area contributed by atoms with Gasteiger partial charge < -0.3 is 9.73 Å². The van der Waals surface area contributed by atoms with Crippen molar-refractivity contribution >= 4 is 5.69 Å². The predicted molar refractivity (Wildman–Crippen MR) is 66.8 cm³/mol. The van der Waals surface area contributed by atoms with Crippen LogP contribution < -0.4 is 5.32 Å². The Balaban J connectivity index is 2.25. The van der Waals surface area contributed by atoms with Crippen LogP contribution >= 0.6 is 0 Å². The molecule has 108 valence electrons. The quantitative estimate of drug-likeness (QED) is 0.800. The third kappa shape index (κ3) is 3.12. The van der Waals surface area contributed by atoms with E-state index in [4.69, 9.17) is 4.42 Å². The normalized spacial score (nSPS) is 13.2. The van der Waals surface area contributed by atoms with Crippen LogP contribution in [0.2, 0.25) is 0 Å². The fourth-order valence-electron chi connectivity index (χ4n) is 1.90. The summed E-state index contributed by atoms with van der Waals surface area (Å²) in [5, 5.41) is 2.91. The van der Waals surface area contributed by atoms with E-state index >= 15 is 0 Å². The van der Waals surface area contributed by atoms with Crippen LogP contribution in [0.15, 0.2) is 41.0 Å². The molecule has 2 nitrogen and oxygen atoms in total. The van der Waals surface area contributed by atoms with Crippen LogP contribution in [0.25, 0.3) is 0 Å². The van der Waals surface area contributed by atoms with E-state index in [1.165, 1.54) is 12.3 Å². The van der Waals surface area contributed by atoms with E-state index in [1.807, 2.05) is 6.92 Å². The molecule has 1 unspecified atom stereocenters. The summed E-state index contributed by atoms with van der Waals surface area (Å²) in [6, 6.07) is 6.01. The van der Waals surface area contributed by atoms with Gasteiger partial charge in [-0.3, -0.25) is 0 Å². The van der Waals surface area contributed by atoms with Crippen LogP contribution in [0.1, 0.15) is 30.7 Å². The van der Waals surface area contributed by atoms with Crippen LogP contribution in [-0.2, 0) is 6.18 Å². The Morgan fingerprint density at radius 2 is 2.00 bits per heavy atom. The van der Waals surface area contributed by atoms with Gasteiger partial charge in [-0.1, -0.05) is 6.92 Å². The molecule has 1 N–H and O–H groups in total. The maximum absolute atomic E-state index is 13.2. The third-order valence-corrected chi connectivity index (χ3v) is 2.91. The molecule has 0 aliphatic rings. The van der Waals surface area contributed by atoms with Gasteiger partial charge in [0.2, 0.25) is 0 Å². The Morgan fingerprint density at radius 3 is 2.55 bits per heavy atom. The summed E-state index contributed by atoms with van der Waals surface area (Å²) in [7, 11) is 0. The highest BCUT2D eigenvalue weighted by Crippen LogP contribution is 2.34. The highest BCUT2D eigenvalue weighted by Gasteiger charge is 2.34. The van der Waals surface area contributed by atoms with Crippen molar-refractivity contribution in [2.75, 3.05) is 5.32 Å². The van der Waals surface area contributed by atoms with Crippen molar-refractivity contribution in [3.8, 4) is 0 Å². The fourth-order valence-corrected chi connectivity index (χ4v) is 1.90. The lowest BCUT2D eigenvalue weighted by atomic mass is 10.1. The van der Waals surface area contributed by atoms with Crippen LogP contribution in [0.3, 0.4) is 0 Å². The summed E-state index contributed by atoms with van der Waals surface area (Å²) in [5.74, 6) is -0.667. The van der Waals surface area contributed by atoms with Crippen molar-refractivity contribution in [2.24, 2.45) is 0 Å². The molecule has 0 saturated carbocycles. The number of hydrogen-bond acceptors (Lipinski definition) is 2. The smallest absolute Gasteiger partial charge is 0.419 e. The minimum atomic E-state index is -4.71. The molecule has 20 heavy (non-hydrogen) atoms. The van der Waals surface area contributed by atoms with E-state index in [-0.39, 0.29) is 11.7 Å². The number of halogens is 4. The highest BCUT2D eigenvalue weighted by molar-refractivity contribution is 5.48. The highest BCUT2D eigenvalue weighted by atomic mass is 19.4. The van der Waals surface area contributed by atoms with E-state index < -0.39 is 17.6 Å². The van der Waals surface area contributed by atoms with Gasteiger partial charge in [-0.05, 0) is 36.8 Å². The lowest BCUT2D eigenvalue weighted by Gasteiger charge is -2.17. The number of furan rings is 1. The van der Waals surface area contributed by atoms with Crippen LogP contribution in [0, 0.1) is 5.82 Å². The molecule has 0 aliphatic heterocycles. The largest absolute Gasteiger partial charge is 0.467 e. The molecule has 0 spiro atoms. The maximum Gasteiger partial charge on any atom is 0.419 e. The Kier molecular flexibility index (Phi) is 4.01. The van der Waals surface area contributed by atoms with Gasteiger partial charge in [0.05, 0.1) is 17.9 Å². The molecule has 1 aromatic heterocycles. The third-order valence-electron chi connectivity index (χ3n) is 2.91. The Hall–Kier alpha value is -1.98. The summed E-state index contributed by atoms with van der Waals surface area (Å²) in [5.41, 5.74) is -1.08. The molecule has 0 amide bonds.